The van der Waals surface area contributed by atoms with Crippen LogP contribution in [0.2, 0.25) is 0 Å². The number of aromatic nitrogens is 3. The van der Waals surface area contributed by atoms with Crippen LogP contribution >= 0.6 is 0 Å². The van der Waals surface area contributed by atoms with E-state index < -0.39 is 6.09 Å². The lowest BCUT2D eigenvalue weighted by Crippen LogP contribution is -2.48. The molecule has 1 fully saturated rings. The maximum absolute atomic E-state index is 13.4. The van der Waals surface area contributed by atoms with E-state index in [1.807, 2.05) is 29.0 Å². The van der Waals surface area contributed by atoms with Crippen molar-refractivity contribution in [1.82, 2.24) is 19.7 Å². The Bertz CT molecular complexity index is 1340. The van der Waals surface area contributed by atoms with Gasteiger partial charge in [-0.3, -0.25) is 9.78 Å². The highest BCUT2D eigenvalue weighted by Gasteiger charge is 2.36. The third-order valence-corrected chi connectivity index (χ3v) is 7.23. The fourth-order valence-electron chi connectivity index (χ4n) is 5.23. The molecular formula is C28H33N5O4. The van der Waals surface area contributed by atoms with Gasteiger partial charge >= 0.3 is 6.09 Å². The van der Waals surface area contributed by atoms with Gasteiger partial charge < -0.3 is 20.1 Å². The molecule has 0 spiro atoms. The van der Waals surface area contributed by atoms with Crippen molar-refractivity contribution in [3.8, 4) is 0 Å². The molecular weight excluding hydrogens is 470 g/mol. The lowest BCUT2D eigenvalue weighted by atomic mass is 9.79. The fourth-order valence-corrected chi connectivity index (χ4v) is 5.23. The first kappa shape index (κ1) is 25.0. The smallest absolute Gasteiger partial charge is 0.407 e. The zero-order valence-electron chi connectivity index (χ0n) is 21.5. The molecule has 4 heterocycles. The summed E-state index contributed by atoms with van der Waals surface area (Å²) in [5.41, 5.74) is 3.63. The molecule has 0 bridgehead atoms. The molecule has 9 nitrogen and oxygen atoms in total. The Hall–Kier alpha value is -3.72. The van der Waals surface area contributed by atoms with Crippen molar-refractivity contribution in [2.24, 2.45) is 5.41 Å². The first-order valence-electron chi connectivity index (χ1n) is 12.8. The van der Waals surface area contributed by atoms with Gasteiger partial charge in [0.05, 0.1) is 5.52 Å². The molecule has 9 heteroatoms. The second kappa shape index (κ2) is 9.97. The number of ether oxygens (including phenoxy) is 1. The summed E-state index contributed by atoms with van der Waals surface area (Å²) < 4.78 is 7.84. The summed E-state index contributed by atoms with van der Waals surface area (Å²) in [6.07, 6.45) is 7.61. The number of nitrogens with zero attached hydrogens (tertiary/aromatic N) is 4. The molecule has 2 N–H and O–H groups in total. The Kier molecular flexibility index (Phi) is 6.72. The number of amides is 2. The van der Waals surface area contributed by atoms with Gasteiger partial charge in [0.1, 0.15) is 0 Å². The van der Waals surface area contributed by atoms with Gasteiger partial charge in [-0.05, 0) is 66.5 Å². The lowest BCUT2D eigenvalue weighted by molar-refractivity contribution is -0.0367. The third kappa shape index (κ3) is 5.09. The molecule has 2 atom stereocenters. The van der Waals surface area contributed by atoms with E-state index in [1.54, 1.807) is 24.5 Å². The molecule has 1 aromatic carbocycles. The molecule has 3 aromatic rings. The summed E-state index contributed by atoms with van der Waals surface area (Å²) in [6, 6.07) is 9.35. The number of pyridine rings is 1. The fraction of sp³-hybridized carbons (Fsp3) is 0.429. The highest BCUT2D eigenvalue weighted by atomic mass is 16.5. The van der Waals surface area contributed by atoms with Gasteiger partial charge in [-0.15, -0.1) is 0 Å². The van der Waals surface area contributed by atoms with Crippen LogP contribution in [0.1, 0.15) is 68.7 Å². The van der Waals surface area contributed by atoms with Gasteiger partial charge in [0, 0.05) is 42.7 Å². The van der Waals surface area contributed by atoms with E-state index in [2.05, 4.69) is 31.1 Å². The zero-order valence-corrected chi connectivity index (χ0v) is 21.5. The van der Waals surface area contributed by atoms with Crippen LogP contribution in [0.4, 0.5) is 10.5 Å². The number of anilines is 1. The van der Waals surface area contributed by atoms with E-state index in [9.17, 15) is 14.7 Å². The summed E-state index contributed by atoms with van der Waals surface area (Å²) in [5, 5.41) is 18.2. The Morgan fingerprint density at radius 3 is 2.59 bits per heavy atom. The monoisotopic (exact) mass is 503 g/mol. The molecule has 2 amide bonds. The van der Waals surface area contributed by atoms with E-state index in [0.29, 0.717) is 31.0 Å². The van der Waals surface area contributed by atoms with Crippen LogP contribution in [-0.2, 0) is 4.74 Å². The lowest BCUT2D eigenvalue weighted by Gasteiger charge is -2.41. The van der Waals surface area contributed by atoms with Crippen molar-refractivity contribution >= 4 is 34.2 Å². The van der Waals surface area contributed by atoms with Gasteiger partial charge in [0.25, 0.3) is 5.91 Å². The molecule has 0 saturated carbocycles. The quantitative estimate of drug-likeness (QED) is 0.482. The predicted molar refractivity (Wildman–Crippen MR) is 141 cm³/mol. The summed E-state index contributed by atoms with van der Waals surface area (Å²) in [6.45, 7) is 7.19. The number of rotatable bonds is 4. The maximum atomic E-state index is 13.4. The Balaban J connectivity index is 1.55. The second-order valence-electron chi connectivity index (χ2n) is 10.8. The molecule has 2 unspecified atom stereocenters. The molecule has 2 aromatic heterocycles. The Morgan fingerprint density at radius 1 is 1.14 bits per heavy atom. The molecule has 2 aliphatic heterocycles. The van der Waals surface area contributed by atoms with Crippen LogP contribution in [0, 0.1) is 5.41 Å². The number of carboxylic acid groups (broad SMARTS) is 1. The molecule has 0 aliphatic carbocycles. The first-order chi connectivity index (χ1) is 17.7. The minimum absolute atomic E-state index is 0.159. The number of hydrogen-bond donors (Lipinski definition) is 2. The van der Waals surface area contributed by atoms with Crippen LogP contribution in [0.3, 0.4) is 0 Å². The molecule has 2 aliphatic rings. The minimum Gasteiger partial charge on any atom is -0.465 e. The molecule has 0 radical (unpaired) electrons. The van der Waals surface area contributed by atoms with Crippen LogP contribution < -0.4 is 5.32 Å². The first-order valence-corrected chi connectivity index (χ1v) is 12.8. The van der Waals surface area contributed by atoms with Crippen LogP contribution in [0.25, 0.3) is 16.5 Å². The standard InChI is InChI=1S/C28H33N5O4/c1-28(2,3)23-17-19(11-14-32(23)27(35)36)18-7-8-22-21(16-18)25(26(34)30-20-9-12-29-13-10-20)31-33(22)24-6-4-5-15-37-24/h7-13,16,23-24H,4-6,14-15,17H2,1-3H3,(H,35,36)(H,29,30,34). The molecule has 1 saturated heterocycles. The number of hydrogen-bond acceptors (Lipinski definition) is 5. The van der Waals surface area contributed by atoms with Crippen molar-refractivity contribution < 1.29 is 19.4 Å². The average Bonchev–Trinajstić information content (AvgIpc) is 3.28. The summed E-state index contributed by atoms with van der Waals surface area (Å²) in [5.74, 6) is -0.301. The van der Waals surface area contributed by atoms with Crippen LogP contribution in [-0.4, -0.2) is 56.0 Å². The summed E-state index contributed by atoms with van der Waals surface area (Å²) in [7, 11) is 0. The van der Waals surface area contributed by atoms with E-state index in [4.69, 9.17) is 9.84 Å². The average molecular weight is 504 g/mol. The van der Waals surface area contributed by atoms with Gasteiger partial charge in [0.2, 0.25) is 0 Å². The van der Waals surface area contributed by atoms with E-state index in [1.165, 1.54) is 4.90 Å². The van der Waals surface area contributed by atoms with Gasteiger partial charge in [-0.1, -0.05) is 32.9 Å². The Labute approximate surface area is 216 Å². The highest BCUT2D eigenvalue weighted by Crippen LogP contribution is 2.37. The van der Waals surface area contributed by atoms with Crippen molar-refractivity contribution in [3.63, 3.8) is 0 Å². The molecule has 194 valence electrons. The van der Waals surface area contributed by atoms with Crippen LogP contribution in [0.5, 0.6) is 0 Å². The topological polar surface area (TPSA) is 110 Å². The number of carbonyl (C=O) groups excluding carboxylic acids is 1. The van der Waals surface area contributed by atoms with E-state index in [0.717, 1.165) is 41.3 Å². The molecule has 37 heavy (non-hydrogen) atoms. The summed E-state index contributed by atoms with van der Waals surface area (Å²) in [4.78, 5) is 30.8. The van der Waals surface area contributed by atoms with Crippen molar-refractivity contribution in [2.45, 2.75) is 58.7 Å². The number of benzene rings is 1. The number of nitrogens with one attached hydrogen (secondary N) is 1. The normalized spacial score (nSPS) is 20.5. The van der Waals surface area contributed by atoms with E-state index in [-0.39, 0.29) is 23.6 Å². The van der Waals surface area contributed by atoms with Crippen molar-refractivity contribution in [3.05, 3.63) is 60.1 Å². The summed E-state index contributed by atoms with van der Waals surface area (Å²) >= 11 is 0. The van der Waals surface area contributed by atoms with Gasteiger partial charge in [0.15, 0.2) is 11.9 Å². The van der Waals surface area contributed by atoms with Gasteiger partial charge in [-0.2, -0.15) is 5.10 Å². The predicted octanol–water partition coefficient (Wildman–Crippen LogP) is 5.56. The number of fused-ring (bicyclic) bond motifs is 1. The van der Waals surface area contributed by atoms with E-state index >= 15 is 0 Å². The molecule has 5 rings (SSSR count). The Morgan fingerprint density at radius 2 is 1.92 bits per heavy atom. The largest absolute Gasteiger partial charge is 0.465 e. The van der Waals surface area contributed by atoms with Crippen LogP contribution in [0.15, 0.2) is 48.8 Å². The van der Waals surface area contributed by atoms with Crippen molar-refractivity contribution in [1.29, 1.82) is 0 Å². The SMILES string of the molecule is CC(C)(C)C1CC(c2ccc3c(c2)c(C(=O)Nc2ccncc2)nn3C2CCCCO2)=CCN1C(=O)O. The second-order valence-corrected chi connectivity index (χ2v) is 10.8. The highest BCUT2D eigenvalue weighted by molar-refractivity contribution is 6.11. The van der Waals surface area contributed by atoms with Gasteiger partial charge in [-0.25, -0.2) is 9.48 Å². The van der Waals surface area contributed by atoms with Crippen molar-refractivity contribution in [2.75, 3.05) is 18.5 Å². The third-order valence-electron chi connectivity index (χ3n) is 7.23. The number of carbonyl (C=O) groups is 2. The zero-order chi connectivity index (χ0) is 26.2. The minimum atomic E-state index is -0.908. The maximum Gasteiger partial charge on any atom is 0.407 e.